The van der Waals surface area contributed by atoms with Crippen LogP contribution in [0.4, 0.5) is 0 Å². The predicted molar refractivity (Wildman–Crippen MR) is 81.1 cm³/mol. The lowest BCUT2D eigenvalue weighted by Crippen LogP contribution is -2.60. The summed E-state index contributed by atoms with van der Waals surface area (Å²) in [4.78, 5) is 17.1. The number of rotatable bonds is 4. The molecule has 0 aliphatic carbocycles. The van der Waals surface area contributed by atoms with Crippen LogP contribution in [0.5, 0.6) is 0 Å². The quantitative estimate of drug-likeness (QED) is 0.795. The number of nitrogens with zero attached hydrogens (tertiary/aromatic N) is 2. The number of hydrogen-bond acceptors (Lipinski definition) is 5. The average Bonchev–Trinajstić information content (AvgIpc) is 2.45. The lowest BCUT2D eigenvalue weighted by atomic mass is 9.90. The van der Waals surface area contributed by atoms with Crippen molar-refractivity contribution in [3.63, 3.8) is 0 Å². The third kappa shape index (κ3) is 3.94. The van der Waals surface area contributed by atoms with E-state index in [4.69, 9.17) is 15.2 Å². The second-order valence-corrected chi connectivity index (χ2v) is 6.46. The van der Waals surface area contributed by atoms with E-state index in [0.717, 1.165) is 39.2 Å². The van der Waals surface area contributed by atoms with Gasteiger partial charge in [-0.05, 0) is 20.3 Å². The number of carbonyl (C=O) groups is 1. The Kier molecular flexibility index (Phi) is 5.60. The molecule has 3 atom stereocenters. The van der Waals surface area contributed by atoms with E-state index in [2.05, 4.69) is 11.8 Å². The van der Waals surface area contributed by atoms with Gasteiger partial charge >= 0.3 is 0 Å². The zero-order chi connectivity index (χ0) is 15.5. The minimum Gasteiger partial charge on any atom is -0.383 e. The molecule has 2 aliphatic heterocycles. The van der Waals surface area contributed by atoms with E-state index in [1.807, 2.05) is 11.8 Å². The molecule has 1 amide bonds. The molecule has 0 saturated carbocycles. The molecule has 0 radical (unpaired) electrons. The van der Waals surface area contributed by atoms with Crippen LogP contribution in [0, 0.1) is 0 Å². The van der Waals surface area contributed by atoms with Gasteiger partial charge in [-0.3, -0.25) is 9.69 Å². The zero-order valence-corrected chi connectivity index (χ0v) is 13.5. The minimum atomic E-state index is -0.744. The summed E-state index contributed by atoms with van der Waals surface area (Å²) in [5.74, 6) is 0.0934. The van der Waals surface area contributed by atoms with Gasteiger partial charge in [0.25, 0.3) is 5.91 Å². The van der Waals surface area contributed by atoms with Gasteiger partial charge in [0.15, 0.2) is 0 Å². The smallest absolute Gasteiger partial charge is 0.254 e. The van der Waals surface area contributed by atoms with E-state index in [-0.39, 0.29) is 11.9 Å². The molecule has 2 aliphatic rings. The van der Waals surface area contributed by atoms with Crippen molar-refractivity contribution in [2.75, 3.05) is 46.5 Å². The Labute approximate surface area is 127 Å². The molecule has 0 spiro atoms. The van der Waals surface area contributed by atoms with E-state index in [1.165, 1.54) is 0 Å². The summed E-state index contributed by atoms with van der Waals surface area (Å²) in [7, 11) is 1.72. The lowest BCUT2D eigenvalue weighted by Gasteiger charge is -2.44. The lowest BCUT2D eigenvalue weighted by molar-refractivity contribution is -0.165. The SMILES string of the molecule is COCCN1CCN(C(=O)C2(C)CC(N)CCO2)CC1C. The summed E-state index contributed by atoms with van der Waals surface area (Å²) < 4.78 is 10.9. The molecule has 0 bridgehead atoms. The average molecular weight is 299 g/mol. The van der Waals surface area contributed by atoms with Gasteiger partial charge in [-0.2, -0.15) is 0 Å². The van der Waals surface area contributed by atoms with Crippen LogP contribution < -0.4 is 5.73 Å². The number of methoxy groups -OCH3 is 1. The molecule has 0 aromatic heterocycles. The molecule has 2 rings (SSSR count). The summed E-state index contributed by atoms with van der Waals surface area (Å²) in [6, 6.07) is 0.409. The predicted octanol–water partition coefficient (Wildman–Crippen LogP) is 0.0619. The van der Waals surface area contributed by atoms with Crippen LogP contribution in [0.1, 0.15) is 26.7 Å². The van der Waals surface area contributed by atoms with Crippen molar-refractivity contribution >= 4 is 5.91 Å². The fourth-order valence-electron chi connectivity index (χ4n) is 3.30. The number of piperazine rings is 1. The van der Waals surface area contributed by atoms with Crippen LogP contribution in [0.2, 0.25) is 0 Å². The standard InChI is InChI=1S/C15H29N3O3/c1-12-11-18(6-5-17(12)7-9-20-3)14(19)15(2)10-13(16)4-8-21-15/h12-13H,4-11,16H2,1-3H3. The first-order chi connectivity index (χ1) is 9.96. The summed E-state index contributed by atoms with van der Waals surface area (Å²) in [6.07, 6.45) is 1.45. The van der Waals surface area contributed by atoms with Crippen molar-refractivity contribution in [1.29, 1.82) is 0 Å². The highest BCUT2D eigenvalue weighted by Gasteiger charge is 2.42. The largest absolute Gasteiger partial charge is 0.383 e. The summed E-state index contributed by atoms with van der Waals surface area (Å²) >= 11 is 0. The highest BCUT2D eigenvalue weighted by molar-refractivity contribution is 5.85. The monoisotopic (exact) mass is 299 g/mol. The van der Waals surface area contributed by atoms with Crippen LogP contribution in [-0.4, -0.2) is 79.9 Å². The number of ether oxygens (including phenoxy) is 2. The molecule has 2 fully saturated rings. The van der Waals surface area contributed by atoms with Gasteiger partial charge in [0.2, 0.25) is 0 Å². The Bertz CT molecular complexity index is 366. The Balaban J connectivity index is 1.92. The van der Waals surface area contributed by atoms with Crippen molar-refractivity contribution < 1.29 is 14.3 Å². The molecule has 0 aromatic rings. The van der Waals surface area contributed by atoms with Gasteiger partial charge in [0.1, 0.15) is 5.60 Å². The number of amides is 1. The van der Waals surface area contributed by atoms with Crippen molar-refractivity contribution in [3.05, 3.63) is 0 Å². The molecule has 0 aromatic carbocycles. The molecule has 6 nitrogen and oxygen atoms in total. The minimum absolute atomic E-state index is 0.0631. The molecule has 2 heterocycles. The van der Waals surface area contributed by atoms with Crippen LogP contribution in [0.3, 0.4) is 0 Å². The highest BCUT2D eigenvalue weighted by Crippen LogP contribution is 2.27. The first-order valence-corrected chi connectivity index (χ1v) is 7.88. The Hall–Kier alpha value is -0.690. The van der Waals surface area contributed by atoms with Crippen LogP contribution in [0.25, 0.3) is 0 Å². The van der Waals surface area contributed by atoms with Crippen molar-refractivity contribution in [3.8, 4) is 0 Å². The first-order valence-electron chi connectivity index (χ1n) is 7.88. The van der Waals surface area contributed by atoms with Gasteiger partial charge < -0.3 is 20.1 Å². The first kappa shape index (κ1) is 16.7. The fraction of sp³-hybridized carbons (Fsp3) is 0.933. The number of hydrogen-bond donors (Lipinski definition) is 1. The van der Waals surface area contributed by atoms with E-state index < -0.39 is 5.60 Å². The molecule has 6 heteroatoms. The van der Waals surface area contributed by atoms with Gasteiger partial charge in [-0.15, -0.1) is 0 Å². The topological polar surface area (TPSA) is 68.0 Å². The van der Waals surface area contributed by atoms with Crippen LogP contribution in [0.15, 0.2) is 0 Å². The maximum Gasteiger partial charge on any atom is 0.254 e. The van der Waals surface area contributed by atoms with Crippen molar-refractivity contribution in [1.82, 2.24) is 9.80 Å². The molecule has 3 unspecified atom stereocenters. The second kappa shape index (κ2) is 7.05. The van der Waals surface area contributed by atoms with Crippen molar-refractivity contribution in [2.45, 2.75) is 44.4 Å². The Morgan fingerprint density at radius 1 is 1.48 bits per heavy atom. The third-order valence-electron chi connectivity index (χ3n) is 4.65. The number of nitrogens with two attached hydrogens (primary N) is 1. The van der Waals surface area contributed by atoms with Crippen LogP contribution in [-0.2, 0) is 14.3 Å². The van der Waals surface area contributed by atoms with Gasteiger partial charge in [0.05, 0.1) is 6.61 Å². The van der Waals surface area contributed by atoms with Gasteiger partial charge in [0, 0.05) is 58.4 Å². The maximum absolute atomic E-state index is 12.8. The van der Waals surface area contributed by atoms with Crippen molar-refractivity contribution in [2.24, 2.45) is 5.73 Å². The van der Waals surface area contributed by atoms with E-state index in [0.29, 0.717) is 19.1 Å². The van der Waals surface area contributed by atoms with E-state index in [9.17, 15) is 4.79 Å². The molecular formula is C15H29N3O3. The number of carbonyl (C=O) groups excluding carboxylic acids is 1. The maximum atomic E-state index is 12.8. The second-order valence-electron chi connectivity index (χ2n) is 6.46. The normalized spacial score (nSPS) is 35.0. The molecular weight excluding hydrogens is 270 g/mol. The van der Waals surface area contributed by atoms with Gasteiger partial charge in [-0.25, -0.2) is 0 Å². The third-order valence-corrected chi connectivity index (χ3v) is 4.65. The summed E-state index contributed by atoms with van der Waals surface area (Å²) in [5.41, 5.74) is 5.27. The highest BCUT2D eigenvalue weighted by atomic mass is 16.5. The summed E-state index contributed by atoms with van der Waals surface area (Å²) in [6.45, 7) is 8.65. The molecule has 21 heavy (non-hydrogen) atoms. The molecule has 2 N–H and O–H groups in total. The molecule has 2 saturated heterocycles. The molecule has 122 valence electrons. The fourth-order valence-corrected chi connectivity index (χ4v) is 3.30. The Morgan fingerprint density at radius 3 is 2.86 bits per heavy atom. The van der Waals surface area contributed by atoms with E-state index >= 15 is 0 Å². The van der Waals surface area contributed by atoms with Crippen LogP contribution >= 0.6 is 0 Å². The van der Waals surface area contributed by atoms with Gasteiger partial charge in [-0.1, -0.05) is 0 Å². The Morgan fingerprint density at radius 2 is 2.24 bits per heavy atom. The van der Waals surface area contributed by atoms with E-state index in [1.54, 1.807) is 7.11 Å². The zero-order valence-electron chi connectivity index (χ0n) is 13.5. The summed E-state index contributed by atoms with van der Waals surface area (Å²) in [5, 5.41) is 0.